The Morgan fingerprint density at radius 2 is 2.25 bits per heavy atom. The molecule has 0 fully saturated rings. The third kappa shape index (κ3) is 2.97. The van der Waals surface area contributed by atoms with Gasteiger partial charge in [0, 0.05) is 11.8 Å². The molecule has 0 heterocycles. The van der Waals surface area contributed by atoms with Gasteiger partial charge in [0.25, 0.3) is 0 Å². The average Bonchev–Trinajstić information content (AvgIpc) is 2.32. The monoisotopic (exact) mass is 223 g/mol. The molecule has 1 aromatic carbocycles. The zero-order valence-electron chi connectivity index (χ0n) is 9.55. The van der Waals surface area contributed by atoms with Crippen LogP contribution >= 0.6 is 0 Å². The third-order valence-electron chi connectivity index (χ3n) is 2.36. The van der Waals surface area contributed by atoms with Crippen LogP contribution in [0.1, 0.15) is 18.9 Å². The van der Waals surface area contributed by atoms with E-state index in [4.69, 9.17) is 9.84 Å². The Hall–Kier alpha value is -1.55. The maximum atomic E-state index is 9.77. The molecule has 2 N–H and O–H groups in total. The Labute approximate surface area is 95.2 Å². The van der Waals surface area contributed by atoms with Crippen molar-refractivity contribution in [2.75, 3.05) is 13.7 Å². The summed E-state index contributed by atoms with van der Waals surface area (Å²) in [5, 5.41) is 18.7. The fourth-order valence-electron chi connectivity index (χ4n) is 1.28. The van der Waals surface area contributed by atoms with E-state index in [-0.39, 0.29) is 18.4 Å². The first-order valence-electron chi connectivity index (χ1n) is 5.22. The summed E-state index contributed by atoms with van der Waals surface area (Å²) in [5.74, 6) is 0.488. The van der Waals surface area contributed by atoms with Crippen molar-refractivity contribution in [3.63, 3.8) is 0 Å². The molecule has 0 radical (unpaired) electrons. The molecular formula is C12H17NO3. The molecule has 0 aliphatic rings. The number of rotatable bonds is 5. The Bertz CT molecular complexity index is 359. The van der Waals surface area contributed by atoms with E-state index in [0.717, 1.165) is 6.42 Å². The van der Waals surface area contributed by atoms with E-state index < -0.39 is 0 Å². The second-order valence-electron chi connectivity index (χ2n) is 3.42. The summed E-state index contributed by atoms with van der Waals surface area (Å²) in [4.78, 5) is 4.18. The van der Waals surface area contributed by atoms with Crippen LogP contribution < -0.4 is 4.74 Å². The lowest BCUT2D eigenvalue weighted by atomic mass is 10.2. The molecule has 1 unspecified atom stereocenters. The lowest BCUT2D eigenvalue weighted by Gasteiger charge is -2.07. The van der Waals surface area contributed by atoms with Crippen LogP contribution in [0.4, 0.5) is 0 Å². The molecule has 88 valence electrons. The molecule has 0 aromatic heterocycles. The summed E-state index contributed by atoms with van der Waals surface area (Å²) >= 11 is 0. The zero-order chi connectivity index (χ0) is 12.0. The number of hydrogen-bond donors (Lipinski definition) is 2. The molecule has 1 aromatic rings. The van der Waals surface area contributed by atoms with Crippen LogP contribution in [-0.2, 0) is 0 Å². The van der Waals surface area contributed by atoms with Gasteiger partial charge in [-0.05, 0) is 18.6 Å². The van der Waals surface area contributed by atoms with Crippen molar-refractivity contribution in [3.05, 3.63) is 23.8 Å². The standard InChI is InChI=1S/C12H17NO3/c1-3-10(8-14)13-7-9-5-4-6-11(16-2)12(9)15/h4-7,10,14-15H,3,8H2,1-2H3. The van der Waals surface area contributed by atoms with Crippen molar-refractivity contribution in [2.45, 2.75) is 19.4 Å². The quantitative estimate of drug-likeness (QED) is 0.745. The topological polar surface area (TPSA) is 62.1 Å². The summed E-state index contributed by atoms with van der Waals surface area (Å²) in [5.41, 5.74) is 0.589. The number of phenolic OH excluding ortho intramolecular Hbond substituents is 1. The molecule has 1 atom stereocenters. The lowest BCUT2D eigenvalue weighted by molar-refractivity contribution is 0.264. The minimum atomic E-state index is -0.120. The number of aliphatic hydroxyl groups excluding tert-OH is 1. The first-order valence-corrected chi connectivity index (χ1v) is 5.22. The van der Waals surface area contributed by atoms with Crippen molar-refractivity contribution >= 4 is 6.21 Å². The summed E-state index contributed by atoms with van der Waals surface area (Å²) < 4.78 is 4.98. The number of benzene rings is 1. The van der Waals surface area contributed by atoms with Crippen LogP contribution in [0.2, 0.25) is 0 Å². The predicted octanol–water partition coefficient (Wildman–Crippen LogP) is 1.59. The molecule has 0 aliphatic heterocycles. The second kappa shape index (κ2) is 6.12. The minimum Gasteiger partial charge on any atom is -0.504 e. The fraction of sp³-hybridized carbons (Fsp3) is 0.417. The van der Waals surface area contributed by atoms with E-state index in [1.54, 1.807) is 24.4 Å². The van der Waals surface area contributed by atoms with Gasteiger partial charge in [-0.3, -0.25) is 4.99 Å². The van der Waals surface area contributed by atoms with Gasteiger partial charge >= 0.3 is 0 Å². The predicted molar refractivity (Wildman–Crippen MR) is 63.4 cm³/mol. The number of aliphatic imine (C=N–C) groups is 1. The fourth-order valence-corrected chi connectivity index (χ4v) is 1.28. The summed E-state index contributed by atoms with van der Waals surface area (Å²) in [6, 6.07) is 5.08. The van der Waals surface area contributed by atoms with Crippen molar-refractivity contribution in [3.8, 4) is 11.5 Å². The summed E-state index contributed by atoms with van der Waals surface area (Å²) in [7, 11) is 1.50. The molecule has 0 bridgehead atoms. The van der Waals surface area contributed by atoms with Gasteiger partial charge in [-0.25, -0.2) is 0 Å². The van der Waals surface area contributed by atoms with Gasteiger partial charge in [-0.2, -0.15) is 0 Å². The number of para-hydroxylation sites is 1. The number of hydrogen-bond acceptors (Lipinski definition) is 4. The molecule has 0 spiro atoms. The number of aliphatic hydroxyl groups is 1. The maximum absolute atomic E-state index is 9.77. The van der Waals surface area contributed by atoms with E-state index >= 15 is 0 Å². The maximum Gasteiger partial charge on any atom is 0.166 e. The van der Waals surface area contributed by atoms with Crippen LogP contribution in [0.25, 0.3) is 0 Å². The Balaban J connectivity index is 2.88. The molecule has 16 heavy (non-hydrogen) atoms. The van der Waals surface area contributed by atoms with Crippen LogP contribution in [0.3, 0.4) is 0 Å². The molecule has 0 aliphatic carbocycles. The highest BCUT2D eigenvalue weighted by Gasteiger charge is 2.05. The first-order chi connectivity index (χ1) is 7.72. The Morgan fingerprint density at radius 1 is 1.50 bits per heavy atom. The Kier molecular flexibility index (Phi) is 4.79. The highest BCUT2D eigenvalue weighted by Crippen LogP contribution is 2.28. The SMILES string of the molecule is CCC(CO)N=Cc1cccc(OC)c1O. The van der Waals surface area contributed by atoms with Crippen LogP contribution in [-0.4, -0.2) is 36.2 Å². The van der Waals surface area contributed by atoms with Crippen LogP contribution in [0.15, 0.2) is 23.2 Å². The van der Waals surface area contributed by atoms with E-state index in [2.05, 4.69) is 4.99 Å². The first kappa shape index (κ1) is 12.5. The molecular weight excluding hydrogens is 206 g/mol. The van der Waals surface area contributed by atoms with Gasteiger partial charge in [0.2, 0.25) is 0 Å². The molecule has 0 saturated carbocycles. The lowest BCUT2D eigenvalue weighted by Crippen LogP contribution is -2.08. The average molecular weight is 223 g/mol. The van der Waals surface area contributed by atoms with E-state index in [0.29, 0.717) is 11.3 Å². The van der Waals surface area contributed by atoms with Crippen LogP contribution in [0.5, 0.6) is 11.5 Å². The molecule has 0 amide bonds. The largest absolute Gasteiger partial charge is 0.504 e. The molecule has 0 saturated heterocycles. The van der Waals surface area contributed by atoms with E-state index in [1.165, 1.54) is 7.11 Å². The van der Waals surface area contributed by atoms with Gasteiger partial charge in [-0.15, -0.1) is 0 Å². The van der Waals surface area contributed by atoms with Crippen molar-refractivity contribution in [1.29, 1.82) is 0 Å². The van der Waals surface area contributed by atoms with Crippen molar-refractivity contribution in [2.24, 2.45) is 4.99 Å². The van der Waals surface area contributed by atoms with Gasteiger partial charge in [0.15, 0.2) is 11.5 Å². The molecule has 1 rings (SSSR count). The minimum absolute atomic E-state index is 0.0116. The van der Waals surface area contributed by atoms with Gasteiger partial charge < -0.3 is 14.9 Å². The number of methoxy groups -OCH3 is 1. The highest BCUT2D eigenvalue weighted by molar-refractivity contribution is 5.84. The normalized spacial score (nSPS) is 12.9. The second-order valence-corrected chi connectivity index (χ2v) is 3.42. The summed E-state index contributed by atoms with van der Waals surface area (Å²) in [6.07, 6.45) is 2.32. The zero-order valence-corrected chi connectivity index (χ0v) is 9.55. The van der Waals surface area contributed by atoms with Crippen molar-refractivity contribution in [1.82, 2.24) is 0 Å². The third-order valence-corrected chi connectivity index (χ3v) is 2.36. The summed E-state index contributed by atoms with van der Waals surface area (Å²) in [6.45, 7) is 1.96. The van der Waals surface area contributed by atoms with E-state index in [9.17, 15) is 5.11 Å². The number of aromatic hydroxyl groups is 1. The smallest absolute Gasteiger partial charge is 0.166 e. The Morgan fingerprint density at radius 3 is 2.81 bits per heavy atom. The number of nitrogens with zero attached hydrogens (tertiary/aromatic N) is 1. The van der Waals surface area contributed by atoms with E-state index in [1.807, 2.05) is 6.92 Å². The van der Waals surface area contributed by atoms with Crippen molar-refractivity contribution < 1.29 is 14.9 Å². The van der Waals surface area contributed by atoms with Gasteiger partial charge in [0.05, 0.1) is 19.8 Å². The number of ether oxygens (including phenoxy) is 1. The molecule has 4 nitrogen and oxygen atoms in total. The van der Waals surface area contributed by atoms with Gasteiger partial charge in [0.1, 0.15) is 0 Å². The van der Waals surface area contributed by atoms with Gasteiger partial charge in [-0.1, -0.05) is 13.0 Å². The highest BCUT2D eigenvalue weighted by atomic mass is 16.5. The molecule has 4 heteroatoms. The van der Waals surface area contributed by atoms with Crippen LogP contribution in [0, 0.1) is 0 Å². The number of phenols is 1.